The molecule has 136 valence electrons. The largest absolute Gasteiger partial charge is 0.423 e. The zero-order valence-corrected chi connectivity index (χ0v) is 14.4. The van der Waals surface area contributed by atoms with Gasteiger partial charge in [0.1, 0.15) is 11.3 Å². The summed E-state index contributed by atoms with van der Waals surface area (Å²) in [5, 5.41) is 8.12. The molecule has 0 unspecified atom stereocenters. The fourth-order valence-electron chi connectivity index (χ4n) is 3.00. The molecule has 1 aromatic carbocycles. The van der Waals surface area contributed by atoms with Gasteiger partial charge in [-0.15, -0.1) is 0 Å². The van der Waals surface area contributed by atoms with Crippen molar-refractivity contribution >= 4 is 33.2 Å². The van der Waals surface area contributed by atoms with Crippen LogP contribution in [0.2, 0.25) is 0 Å². The molecule has 10 heteroatoms. The predicted molar refractivity (Wildman–Crippen MR) is 89.2 cm³/mol. The second-order valence-electron chi connectivity index (χ2n) is 6.17. The molecule has 3 rings (SSSR count). The summed E-state index contributed by atoms with van der Waals surface area (Å²) in [5.41, 5.74) is 0.920. The first-order chi connectivity index (χ1) is 11.7. The topological polar surface area (TPSA) is 119 Å². The van der Waals surface area contributed by atoms with E-state index in [0.29, 0.717) is 47.1 Å². The number of carbonyl (C=O) groups is 1. The van der Waals surface area contributed by atoms with E-state index in [9.17, 15) is 17.6 Å². The van der Waals surface area contributed by atoms with Gasteiger partial charge in [-0.3, -0.25) is 4.79 Å². The van der Waals surface area contributed by atoms with E-state index in [0.717, 1.165) is 0 Å². The lowest BCUT2D eigenvalue weighted by Crippen LogP contribution is -2.43. The Labute approximate surface area is 144 Å². The van der Waals surface area contributed by atoms with Crippen LogP contribution in [-0.2, 0) is 15.0 Å². The second-order valence-corrected chi connectivity index (χ2v) is 7.75. The summed E-state index contributed by atoms with van der Waals surface area (Å²) >= 11 is 0. The number of benzene rings is 1. The standard InChI is InChI=1S/C15H19FN4O4S/c1-20(25(17,22)23)14(21)9-2-5-11(6-3-9)18-15-19-12-7-4-10(16)8-13(12)24-15/h4,7-9,11H,2-3,5-6H2,1H3,(H,18,19)(H2,17,22,23). The maximum atomic E-state index is 13.2. The Morgan fingerprint density at radius 3 is 2.68 bits per heavy atom. The number of oxazole rings is 1. The molecule has 2 aromatic rings. The summed E-state index contributed by atoms with van der Waals surface area (Å²) in [6, 6.07) is 4.47. The van der Waals surface area contributed by atoms with E-state index >= 15 is 0 Å². The van der Waals surface area contributed by atoms with Gasteiger partial charge in [0.2, 0.25) is 5.91 Å². The van der Waals surface area contributed by atoms with Crippen LogP contribution in [0.15, 0.2) is 22.6 Å². The van der Waals surface area contributed by atoms with Gasteiger partial charge in [0.05, 0.1) is 0 Å². The first-order valence-corrected chi connectivity index (χ1v) is 9.37. The van der Waals surface area contributed by atoms with Crippen molar-refractivity contribution < 1.29 is 22.0 Å². The average molecular weight is 370 g/mol. The van der Waals surface area contributed by atoms with E-state index in [1.165, 1.54) is 25.2 Å². The molecule has 1 saturated carbocycles. The Bertz CT molecular complexity index is 890. The number of halogens is 1. The molecule has 0 aliphatic heterocycles. The van der Waals surface area contributed by atoms with Crippen molar-refractivity contribution in [2.24, 2.45) is 11.1 Å². The number of nitrogens with one attached hydrogen (secondary N) is 1. The molecule has 8 nitrogen and oxygen atoms in total. The van der Waals surface area contributed by atoms with Crippen molar-refractivity contribution in [3.05, 3.63) is 24.0 Å². The van der Waals surface area contributed by atoms with Gasteiger partial charge >= 0.3 is 10.2 Å². The maximum Gasteiger partial charge on any atom is 0.300 e. The highest BCUT2D eigenvalue weighted by atomic mass is 32.2. The fraction of sp³-hybridized carbons (Fsp3) is 0.467. The minimum Gasteiger partial charge on any atom is -0.423 e. The number of amides is 1. The van der Waals surface area contributed by atoms with E-state index in [2.05, 4.69) is 10.3 Å². The lowest BCUT2D eigenvalue weighted by Gasteiger charge is -2.29. The van der Waals surface area contributed by atoms with Gasteiger partial charge in [-0.05, 0) is 37.8 Å². The van der Waals surface area contributed by atoms with Crippen LogP contribution in [0.4, 0.5) is 10.4 Å². The predicted octanol–water partition coefficient (Wildman–Crippen LogP) is 1.60. The zero-order valence-electron chi connectivity index (χ0n) is 13.6. The molecule has 0 atom stereocenters. The molecule has 1 amide bonds. The van der Waals surface area contributed by atoms with Gasteiger partial charge < -0.3 is 9.73 Å². The van der Waals surface area contributed by atoms with Crippen molar-refractivity contribution in [2.45, 2.75) is 31.7 Å². The molecule has 25 heavy (non-hydrogen) atoms. The Morgan fingerprint density at radius 2 is 2.04 bits per heavy atom. The van der Waals surface area contributed by atoms with Gasteiger partial charge in [0.15, 0.2) is 5.58 Å². The highest BCUT2D eigenvalue weighted by Gasteiger charge is 2.31. The Hall–Kier alpha value is -2.20. The monoisotopic (exact) mass is 370 g/mol. The fourth-order valence-corrected chi connectivity index (χ4v) is 3.40. The van der Waals surface area contributed by atoms with E-state index in [-0.39, 0.29) is 12.0 Å². The summed E-state index contributed by atoms with van der Waals surface area (Å²) in [7, 11) is -2.85. The molecule has 1 aliphatic rings. The summed E-state index contributed by atoms with van der Waals surface area (Å²) in [4.78, 5) is 16.4. The second kappa shape index (κ2) is 6.60. The minimum absolute atomic E-state index is 0.0433. The molecule has 1 heterocycles. The van der Waals surface area contributed by atoms with Crippen molar-refractivity contribution in [1.82, 2.24) is 9.29 Å². The Balaban J connectivity index is 1.59. The summed E-state index contributed by atoms with van der Waals surface area (Å²) in [6.45, 7) is 0. The van der Waals surface area contributed by atoms with Gasteiger partial charge in [-0.25, -0.2) is 13.8 Å². The lowest BCUT2D eigenvalue weighted by atomic mass is 9.85. The number of nitrogens with two attached hydrogens (primary N) is 1. The Kier molecular flexibility index (Phi) is 4.65. The third-order valence-electron chi connectivity index (χ3n) is 4.45. The van der Waals surface area contributed by atoms with Crippen LogP contribution in [-0.4, -0.2) is 36.7 Å². The minimum atomic E-state index is -4.02. The first-order valence-electron chi connectivity index (χ1n) is 7.87. The number of anilines is 1. The maximum absolute atomic E-state index is 13.2. The molecule has 0 saturated heterocycles. The number of hydrogen-bond acceptors (Lipinski definition) is 6. The Morgan fingerprint density at radius 1 is 1.36 bits per heavy atom. The van der Waals surface area contributed by atoms with Crippen LogP contribution in [0.1, 0.15) is 25.7 Å². The lowest BCUT2D eigenvalue weighted by molar-refractivity contribution is -0.130. The number of fused-ring (bicyclic) bond motifs is 1. The molecule has 1 aromatic heterocycles. The van der Waals surface area contributed by atoms with Crippen LogP contribution < -0.4 is 10.5 Å². The highest BCUT2D eigenvalue weighted by molar-refractivity contribution is 7.87. The van der Waals surface area contributed by atoms with Crippen molar-refractivity contribution in [3.63, 3.8) is 0 Å². The molecular formula is C15H19FN4O4S. The summed E-state index contributed by atoms with van der Waals surface area (Å²) in [5.74, 6) is -1.26. The molecule has 0 bridgehead atoms. The van der Waals surface area contributed by atoms with Crippen molar-refractivity contribution in [1.29, 1.82) is 0 Å². The number of nitrogens with zero attached hydrogens (tertiary/aromatic N) is 2. The smallest absolute Gasteiger partial charge is 0.300 e. The average Bonchev–Trinajstić information content (AvgIpc) is 2.94. The normalized spacial score (nSPS) is 21.2. The molecule has 0 radical (unpaired) electrons. The van der Waals surface area contributed by atoms with Crippen LogP contribution >= 0.6 is 0 Å². The van der Waals surface area contributed by atoms with Gasteiger partial charge in [0.25, 0.3) is 6.01 Å². The van der Waals surface area contributed by atoms with Crippen LogP contribution in [0.5, 0.6) is 0 Å². The molecule has 3 N–H and O–H groups in total. The van der Waals surface area contributed by atoms with Gasteiger partial charge in [0, 0.05) is 25.1 Å². The number of aromatic nitrogens is 1. The summed E-state index contributed by atoms with van der Waals surface area (Å²) < 4.78 is 41.8. The SMILES string of the molecule is CN(C(=O)C1CCC(Nc2nc3ccc(F)cc3o2)CC1)S(N)(=O)=O. The zero-order chi connectivity index (χ0) is 18.2. The summed E-state index contributed by atoms with van der Waals surface area (Å²) in [6.07, 6.45) is 2.38. The molecule has 1 aliphatic carbocycles. The van der Waals surface area contributed by atoms with E-state index in [1.54, 1.807) is 0 Å². The van der Waals surface area contributed by atoms with E-state index in [1.807, 2.05) is 0 Å². The van der Waals surface area contributed by atoms with Crippen LogP contribution in [0.25, 0.3) is 11.1 Å². The van der Waals surface area contributed by atoms with Crippen LogP contribution in [0, 0.1) is 11.7 Å². The van der Waals surface area contributed by atoms with Gasteiger partial charge in [-0.2, -0.15) is 13.4 Å². The van der Waals surface area contributed by atoms with E-state index in [4.69, 9.17) is 9.56 Å². The molecule has 1 fully saturated rings. The third kappa shape index (κ3) is 3.90. The number of hydrogen-bond donors (Lipinski definition) is 2. The quantitative estimate of drug-likeness (QED) is 0.844. The number of carbonyl (C=O) groups excluding carboxylic acids is 1. The molecular weight excluding hydrogens is 351 g/mol. The van der Waals surface area contributed by atoms with Crippen LogP contribution in [0.3, 0.4) is 0 Å². The van der Waals surface area contributed by atoms with Gasteiger partial charge in [-0.1, -0.05) is 0 Å². The van der Waals surface area contributed by atoms with Crippen molar-refractivity contribution in [3.8, 4) is 0 Å². The van der Waals surface area contributed by atoms with Crippen molar-refractivity contribution in [2.75, 3.05) is 12.4 Å². The molecule has 0 spiro atoms. The first kappa shape index (κ1) is 17.6. The van der Waals surface area contributed by atoms with E-state index < -0.39 is 21.9 Å². The number of rotatable bonds is 4. The highest BCUT2D eigenvalue weighted by Crippen LogP contribution is 2.29. The third-order valence-corrected chi connectivity index (χ3v) is 5.39.